The van der Waals surface area contributed by atoms with E-state index in [4.69, 9.17) is 0 Å². The van der Waals surface area contributed by atoms with Gasteiger partial charge in [-0.05, 0) is 39.5 Å². The average molecular weight is 320 g/mol. The maximum absolute atomic E-state index is 12.7. The first-order chi connectivity index (χ1) is 11.1. The summed E-state index contributed by atoms with van der Waals surface area (Å²) in [6.07, 6.45) is 7.35. The number of carbonyl (C=O) groups is 1. The van der Waals surface area contributed by atoms with Crippen molar-refractivity contribution in [2.45, 2.75) is 57.7 Å². The quantitative estimate of drug-likeness (QED) is 0.909. The van der Waals surface area contributed by atoms with Gasteiger partial charge in [0.2, 0.25) is 5.91 Å². The molecule has 0 spiro atoms. The number of likely N-dealkylation sites (tertiary alicyclic amines) is 2. The first kappa shape index (κ1) is 16.5. The van der Waals surface area contributed by atoms with Gasteiger partial charge >= 0.3 is 0 Å². The van der Waals surface area contributed by atoms with Crippen molar-refractivity contribution in [1.29, 1.82) is 0 Å². The number of aromatic nitrogens is 2. The Labute approximate surface area is 138 Å². The van der Waals surface area contributed by atoms with Crippen molar-refractivity contribution < 1.29 is 9.90 Å². The summed E-state index contributed by atoms with van der Waals surface area (Å²) in [6.45, 7) is 7.53. The Morgan fingerprint density at radius 2 is 1.87 bits per heavy atom. The van der Waals surface area contributed by atoms with Gasteiger partial charge in [-0.15, -0.1) is 0 Å². The molecule has 0 aliphatic carbocycles. The fraction of sp³-hybridized carbons (Fsp3) is 0.765. The number of imidazole rings is 1. The van der Waals surface area contributed by atoms with Crippen LogP contribution in [0.5, 0.6) is 0 Å². The monoisotopic (exact) mass is 320 g/mol. The summed E-state index contributed by atoms with van der Waals surface area (Å²) in [6, 6.07) is 0.385. The Bertz CT molecular complexity index is 528. The number of aryl methyl sites for hydroxylation is 1. The molecule has 128 valence electrons. The third-order valence-corrected chi connectivity index (χ3v) is 5.43. The molecule has 3 rings (SSSR count). The van der Waals surface area contributed by atoms with E-state index in [2.05, 4.69) is 9.88 Å². The van der Waals surface area contributed by atoms with Crippen molar-refractivity contribution >= 4 is 5.91 Å². The average Bonchev–Trinajstić information content (AvgIpc) is 3.00. The standard InChI is InChI=1S/C17H28N4O2/c1-13(21-12-7-18-14(21)2)17(23)20-8-3-15(4-9-20)19-10-5-16(22)6-11-19/h7,12-13,15-16,22H,3-6,8-11H2,1-2H3. The number of carbonyl (C=O) groups excluding carboxylic acids is 1. The Kier molecular flexibility index (Phi) is 5.02. The van der Waals surface area contributed by atoms with Crippen LogP contribution in [0, 0.1) is 6.92 Å². The second-order valence-electron chi connectivity index (χ2n) is 6.88. The van der Waals surface area contributed by atoms with Crippen LogP contribution in [0.2, 0.25) is 0 Å². The first-order valence-electron chi connectivity index (χ1n) is 8.76. The van der Waals surface area contributed by atoms with Crippen molar-refractivity contribution in [2.75, 3.05) is 26.2 Å². The molecule has 3 heterocycles. The highest BCUT2D eigenvalue weighted by Crippen LogP contribution is 2.23. The van der Waals surface area contributed by atoms with Crippen LogP contribution < -0.4 is 0 Å². The van der Waals surface area contributed by atoms with Gasteiger partial charge in [-0.2, -0.15) is 0 Å². The highest BCUT2D eigenvalue weighted by atomic mass is 16.3. The molecule has 23 heavy (non-hydrogen) atoms. The first-order valence-corrected chi connectivity index (χ1v) is 8.76. The van der Waals surface area contributed by atoms with Crippen LogP contribution in [0.15, 0.2) is 12.4 Å². The second-order valence-corrected chi connectivity index (χ2v) is 6.88. The number of piperidine rings is 2. The molecule has 2 aliphatic heterocycles. The number of aliphatic hydroxyl groups is 1. The van der Waals surface area contributed by atoms with Gasteiger partial charge in [0.1, 0.15) is 11.9 Å². The van der Waals surface area contributed by atoms with Gasteiger partial charge in [0, 0.05) is 44.6 Å². The van der Waals surface area contributed by atoms with Gasteiger partial charge in [0.25, 0.3) is 0 Å². The fourth-order valence-corrected chi connectivity index (χ4v) is 3.88. The molecule has 1 aromatic rings. The van der Waals surface area contributed by atoms with E-state index in [-0.39, 0.29) is 18.1 Å². The number of hydrogen-bond acceptors (Lipinski definition) is 4. The molecule has 1 atom stereocenters. The van der Waals surface area contributed by atoms with Gasteiger partial charge < -0.3 is 19.5 Å². The van der Waals surface area contributed by atoms with Crippen molar-refractivity contribution in [3.63, 3.8) is 0 Å². The zero-order valence-corrected chi connectivity index (χ0v) is 14.2. The number of rotatable bonds is 3. The van der Waals surface area contributed by atoms with E-state index < -0.39 is 0 Å². The molecule has 2 saturated heterocycles. The maximum atomic E-state index is 12.7. The van der Waals surface area contributed by atoms with E-state index in [1.54, 1.807) is 6.20 Å². The highest BCUT2D eigenvalue weighted by molar-refractivity contribution is 5.80. The molecule has 0 aromatic carbocycles. The second kappa shape index (κ2) is 7.01. The number of aliphatic hydroxyl groups excluding tert-OH is 1. The highest BCUT2D eigenvalue weighted by Gasteiger charge is 2.31. The van der Waals surface area contributed by atoms with Gasteiger partial charge in [0.05, 0.1) is 6.10 Å². The molecular weight excluding hydrogens is 292 g/mol. The summed E-state index contributed by atoms with van der Waals surface area (Å²) in [4.78, 5) is 21.4. The third-order valence-electron chi connectivity index (χ3n) is 5.43. The van der Waals surface area contributed by atoms with Crippen molar-refractivity contribution in [3.05, 3.63) is 18.2 Å². The zero-order chi connectivity index (χ0) is 16.4. The van der Waals surface area contributed by atoms with E-state index in [0.717, 1.165) is 57.7 Å². The summed E-state index contributed by atoms with van der Waals surface area (Å²) in [5.74, 6) is 1.08. The minimum atomic E-state index is -0.181. The molecule has 1 aromatic heterocycles. The molecule has 6 nitrogen and oxygen atoms in total. The number of amides is 1. The minimum absolute atomic E-state index is 0.118. The number of hydrogen-bond donors (Lipinski definition) is 1. The van der Waals surface area contributed by atoms with Crippen LogP contribution in [0.25, 0.3) is 0 Å². The van der Waals surface area contributed by atoms with Crippen LogP contribution >= 0.6 is 0 Å². The molecule has 6 heteroatoms. The lowest BCUT2D eigenvalue weighted by atomic mass is 9.98. The van der Waals surface area contributed by atoms with E-state index in [9.17, 15) is 9.90 Å². The SMILES string of the molecule is Cc1nccn1C(C)C(=O)N1CCC(N2CCC(O)CC2)CC1. The third kappa shape index (κ3) is 3.58. The molecular formula is C17H28N4O2. The van der Waals surface area contributed by atoms with Gasteiger partial charge in [-0.25, -0.2) is 4.98 Å². The van der Waals surface area contributed by atoms with Crippen LogP contribution in [0.4, 0.5) is 0 Å². The smallest absolute Gasteiger partial charge is 0.245 e. The lowest BCUT2D eigenvalue weighted by molar-refractivity contribution is -0.136. The van der Waals surface area contributed by atoms with Crippen molar-refractivity contribution in [1.82, 2.24) is 19.4 Å². The molecule has 2 aliphatic rings. The maximum Gasteiger partial charge on any atom is 0.245 e. The Morgan fingerprint density at radius 1 is 1.22 bits per heavy atom. The summed E-state index contributed by atoms with van der Waals surface area (Å²) < 4.78 is 1.94. The molecule has 1 unspecified atom stereocenters. The summed E-state index contributed by atoms with van der Waals surface area (Å²) in [5, 5.41) is 9.63. The minimum Gasteiger partial charge on any atom is -0.393 e. The number of nitrogens with zero attached hydrogens (tertiary/aromatic N) is 4. The molecule has 0 saturated carbocycles. The normalized spacial score (nSPS) is 23.2. The van der Waals surface area contributed by atoms with Crippen LogP contribution in [0.1, 0.15) is 44.5 Å². The molecule has 2 fully saturated rings. The Hall–Kier alpha value is -1.40. The Balaban J connectivity index is 1.52. The molecule has 1 amide bonds. The van der Waals surface area contributed by atoms with Crippen LogP contribution in [0.3, 0.4) is 0 Å². The van der Waals surface area contributed by atoms with Crippen molar-refractivity contribution in [2.24, 2.45) is 0 Å². The van der Waals surface area contributed by atoms with Gasteiger partial charge in [0.15, 0.2) is 0 Å². The van der Waals surface area contributed by atoms with Crippen LogP contribution in [-0.4, -0.2) is 68.7 Å². The predicted octanol–water partition coefficient (Wildman–Crippen LogP) is 1.20. The summed E-state index contributed by atoms with van der Waals surface area (Å²) >= 11 is 0. The Morgan fingerprint density at radius 3 is 2.43 bits per heavy atom. The zero-order valence-electron chi connectivity index (χ0n) is 14.2. The van der Waals surface area contributed by atoms with E-state index in [0.29, 0.717) is 6.04 Å². The predicted molar refractivity (Wildman–Crippen MR) is 88.1 cm³/mol. The largest absolute Gasteiger partial charge is 0.393 e. The van der Waals surface area contributed by atoms with Crippen LogP contribution in [-0.2, 0) is 4.79 Å². The molecule has 0 radical (unpaired) electrons. The summed E-state index contributed by atoms with van der Waals surface area (Å²) in [7, 11) is 0. The van der Waals surface area contributed by atoms with E-state index in [1.807, 2.05) is 29.5 Å². The lowest BCUT2D eigenvalue weighted by Gasteiger charge is -2.41. The molecule has 0 bridgehead atoms. The topological polar surface area (TPSA) is 61.6 Å². The van der Waals surface area contributed by atoms with Crippen molar-refractivity contribution in [3.8, 4) is 0 Å². The van der Waals surface area contributed by atoms with Gasteiger partial charge in [-0.3, -0.25) is 4.79 Å². The van der Waals surface area contributed by atoms with E-state index in [1.165, 1.54) is 0 Å². The summed E-state index contributed by atoms with van der Waals surface area (Å²) in [5.41, 5.74) is 0. The van der Waals surface area contributed by atoms with Gasteiger partial charge in [-0.1, -0.05) is 0 Å². The lowest BCUT2D eigenvalue weighted by Crippen LogP contribution is -2.50. The van der Waals surface area contributed by atoms with E-state index >= 15 is 0 Å². The fourth-order valence-electron chi connectivity index (χ4n) is 3.88. The molecule has 1 N–H and O–H groups in total.